The van der Waals surface area contributed by atoms with E-state index in [0.717, 1.165) is 0 Å². The van der Waals surface area contributed by atoms with Crippen LogP contribution in [0.1, 0.15) is 22.8 Å². The molecule has 0 aromatic heterocycles. The van der Waals surface area contributed by atoms with Crippen LogP contribution in [0.5, 0.6) is 17.2 Å². The highest BCUT2D eigenvalue weighted by molar-refractivity contribution is 6.06. The number of aliphatic imine (C=N–C) groups is 2. The zero-order chi connectivity index (χ0) is 23.5. The molecule has 10 heteroatoms. The lowest BCUT2D eigenvalue weighted by molar-refractivity contribution is -0.106. The van der Waals surface area contributed by atoms with E-state index in [1.165, 1.54) is 18.2 Å². The van der Waals surface area contributed by atoms with Gasteiger partial charge in [-0.3, -0.25) is 9.59 Å². The summed E-state index contributed by atoms with van der Waals surface area (Å²) in [6, 6.07) is 11.1. The molecule has 1 atom stereocenters. The number of nitrogens with two attached hydrogens (primary N) is 2. The van der Waals surface area contributed by atoms with Gasteiger partial charge in [0.25, 0.3) is 5.91 Å². The second kappa shape index (κ2) is 11.9. The molecule has 0 fully saturated rings. The summed E-state index contributed by atoms with van der Waals surface area (Å²) in [4.78, 5) is 30.4. The molecule has 0 aliphatic heterocycles. The number of nitrogens with one attached hydrogen (secondary N) is 1. The molecule has 0 unspecified atom stereocenters. The zero-order valence-electron chi connectivity index (χ0n) is 17.7. The molecule has 6 N–H and O–H groups in total. The molecule has 0 radical (unpaired) electrons. The van der Waals surface area contributed by atoms with Crippen molar-refractivity contribution in [2.24, 2.45) is 21.5 Å². The van der Waals surface area contributed by atoms with Crippen molar-refractivity contribution in [3.05, 3.63) is 65.9 Å². The molecule has 0 saturated carbocycles. The van der Waals surface area contributed by atoms with Gasteiger partial charge in [-0.15, -0.1) is 0 Å². The Hall–Kier alpha value is -4.18. The van der Waals surface area contributed by atoms with E-state index in [1.807, 2.05) is 0 Å². The average molecular weight is 439 g/mol. The van der Waals surface area contributed by atoms with E-state index in [9.17, 15) is 14.7 Å². The third-order valence-electron chi connectivity index (χ3n) is 3.95. The largest absolute Gasteiger partial charge is 0.488 e. The molecule has 0 heterocycles. The van der Waals surface area contributed by atoms with Crippen LogP contribution in [0.4, 0.5) is 0 Å². The zero-order valence-corrected chi connectivity index (χ0v) is 17.7. The molecular formula is C22H25N5O5. The Morgan fingerprint density at radius 3 is 2.44 bits per heavy atom. The fraction of sp³-hybridized carbons (Fsp3) is 0.182. The molecule has 168 valence electrons. The maximum absolute atomic E-state index is 12.6. The van der Waals surface area contributed by atoms with Crippen LogP contribution in [-0.4, -0.2) is 48.9 Å². The first-order chi connectivity index (χ1) is 15.4. The van der Waals surface area contributed by atoms with E-state index in [0.29, 0.717) is 29.2 Å². The summed E-state index contributed by atoms with van der Waals surface area (Å²) < 4.78 is 11.5. The van der Waals surface area contributed by atoms with Gasteiger partial charge in [-0.2, -0.15) is 9.98 Å². The minimum atomic E-state index is -0.594. The second-order valence-electron chi connectivity index (χ2n) is 6.51. The quantitative estimate of drug-likeness (QED) is 0.245. The van der Waals surface area contributed by atoms with Crippen LogP contribution in [-0.2, 0) is 4.79 Å². The molecule has 32 heavy (non-hydrogen) atoms. The maximum Gasteiger partial charge on any atom is 0.279 e. The van der Waals surface area contributed by atoms with Crippen molar-refractivity contribution in [2.75, 3.05) is 13.7 Å². The molecule has 0 spiro atoms. The first-order valence-electron chi connectivity index (χ1n) is 9.56. The van der Waals surface area contributed by atoms with Crippen molar-refractivity contribution in [1.29, 1.82) is 0 Å². The van der Waals surface area contributed by atoms with Gasteiger partial charge in [-0.1, -0.05) is 0 Å². The summed E-state index contributed by atoms with van der Waals surface area (Å²) in [6.45, 7) is 1.47. The Morgan fingerprint density at radius 2 is 1.81 bits per heavy atom. The number of aliphatic hydroxyl groups excluding tert-OH is 1. The van der Waals surface area contributed by atoms with Gasteiger partial charge >= 0.3 is 0 Å². The van der Waals surface area contributed by atoms with E-state index in [4.69, 9.17) is 20.9 Å². The number of amidine groups is 2. The molecule has 2 aromatic carbocycles. The van der Waals surface area contributed by atoms with E-state index >= 15 is 0 Å². The molecule has 0 bridgehead atoms. The Kier molecular flexibility index (Phi) is 8.93. The van der Waals surface area contributed by atoms with Gasteiger partial charge in [0.2, 0.25) is 6.41 Å². The topological polar surface area (TPSA) is 162 Å². The van der Waals surface area contributed by atoms with E-state index in [1.54, 1.807) is 50.5 Å². The number of aliphatic hydroxyl groups is 1. The van der Waals surface area contributed by atoms with Gasteiger partial charge < -0.3 is 31.4 Å². The number of ether oxygens (including phenoxy) is 2. The van der Waals surface area contributed by atoms with Crippen molar-refractivity contribution in [3.8, 4) is 17.2 Å². The summed E-state index contributed by atoms with van der Waals surface area (Å²) >= 11 is 0. The fourth-order valence-corrected chi connectivity index (χ4v) is 2.44. The minimum absolute atomic E-state index is 0.0204. The van der Waals surface area contributed by atoms with Gasteiger partial charge in [0.05, 0.1) is 6.61 Å². The Morgan fingerprint density at radius 1 is 1.12 bits per heavy atom. The number of carbonyl (C=O) groups excluding carboxylic acids is 2. The standard InChI is InChI=1S/C22H25N5O5/c1-14(12-28)31-18-9-16(22(30)27-20(23)7-8-25-2)10-19(11-18)32-17-5-3-15(4-6-17)21(24)26-13-29/h3-11,13-14,25,28H,12H2,1-2H3,(H2,23,27,30)(H2,24,26,29)/b8-7-/t14-/m0/s1. The van der Waals surface area contributed by atoms with Crippen molar-refractivity contribution >= 4 is 24.0 Å². The predicted octanol–water partition coefficient (Wildman–Crippen LogP) is 1.33. The van der Waals surface area contributed by atoms with Crippen LogP contribution in [0, 0.1) is 0 Å². The SMILES string of the molecule is CN/C=C\C(N)=NC(=O)c1cc(Oc2ccc(C(N)=NC=O)cc2)cc(O[C@@H](C)CO)c1. The lowest BCUT2D eigenvalue weighted by Crippen LogP contribution is -2.16. The first-order valence-corrected chi connectivity index (χ1v) is 9.56. The molecule has 0 saturated heterocycles. The van der Waals surface area contributed by atoms with Crippen LogP contribution in [0.3, 0.4) is 0 Å². The van der Waals surface area contributed by atoms with Crippen LogP contribution in [0.2, 0.25) is 0 Å². The second-order valence-corrected chi connectivity index (χ2v) is 6.51. The summed E-state index contributed by atoms with van der Waals surface area (Å²) in [6.07, 6.45) is 2.85. The molecule has 0 aliphatic rings. The highest BCUT2D eigenvalue weighted by atomic mass is 16.5. The Bertz CT molecular complexity index is 1030. The van der Waals surface area contributed by atoms with E-state index in [2.05, 4.69) is 15.3 Å². The van der Waals surface area contributed by atoms with Gasteiger partial charge in [-0.25, -0.2) is 0 Å². The smallest absolute Gasteiger partial charge is 0.279 e. The van der Waals surface area contributed by atoms with Gasteiger partial charge in [0, 0.05) is 24.2 Å². The molecule has 2 aromatic rings. The first kappa shape index (κ1) is 24.1. The van der Waals surface area contributed by atoms with Crippen LogP contribution in [0.25, 0.3) is 0 Å². The number of hydrogen-bond acceptors (Lipinski definition) is 6. The summed E-state index contributed by atoms with van der Waals surface area (Å²) in [7, 11) is 1.69. The van der Waals surface area contributed by atoms with Gasteiger partial charge in [0.1, 0.15) is 35.0 Å². The average Bonchev–Trinajstić information content (AvgIpc) is 2.78. The fourth-order valence-electron chi connectivity index (χ4n) is 2.44. The number of nitrogens with zero attached hydrogens (tertiary/aromatic N) is 2. The van der Waals surface area contributed by atoms with Gasteiger partial charge in [0.15, 0.2) is 0 Å². The summed E-state index contributed by atoms with van der Waals surface area (Å²) in [5.41, 5.74) is 12.1. The molecule has 10 nitrogen and oxygen atoms in total. The monoisotopic (exact) mass is 439 g/mol. The van der Waals surface area contributed by atoms with E-state index in [-0.39, 0.29) is 23.8 Å². The van der Waals surface area contributed by atoms with Gasteiger partial charge in [-0.05, 0) is 55.6 Å². The third-order valence-corrected chi connectivity index (χ3v) is 3.95. The van der Waals surface area contributed by atoms with Crippen molar-refractivity contribution in [3.63, 3.8) is 0 Å². The summed E-state index contributed by atoms with van der Waals surface area (Å²) in [5, 5.41) is 12.0. The van der Waals surface area contributed by atoms with Crippen molar-refractivity contribution in [2.45, 2.75) is 13.0 Å². The Balaban J connectivity index is 2.34. The highest BCUT2D eigenvalue weighted by Gasteiger charge is 2.13. The molecular weight excluding hydrogens is 414 g/mol. The summed E-state index contributed by atoms with van der Waals surface area (Å²) in [5.74, 6) is 0.563. The van der Waals surface area contributed by atoms with Crippen LogP contribution in [0.15, 0.2) is 64.7 Å². The van der Waals surface area contributed by atoms with Crippen LogP contribution < -0.4 is 26.3 Å². The molecule has 0 aliphatic carbocycles. The molecule has 2 amide bonds. The minimum Gasteiger partial charge on any atom is -0.488 e. The highest BCUT2D eigenvalue weighted by Crippen LogP contribution is 2.29. The number of benzene rings is 2. The number of carbonyl (C=O) groups is 2. The molecule has 2 rings (SSSR count). The Labute approximate surface area is 185 Å². The lowest BCUT2D eigenvalue weighted by atomic mass is 10.1. The number of rotatable bonds is 10. The lowest BCUT2D eigenvalue weighted by Gasteiger charge is -2.14. The van der Waals surface area contributed by atoms with Crippen molar-refractivity contribution < 1.29 is 24.2 Å². The number of hydrogen-bond donors (Lipinski definition) is 4. The van der Waals surface area contributed by atoms with Crippen molar-refractivity contribution in [1.82, 2.24) is 5.32 Å². The maximum atomic E-state index is 12.6. The predicted molar refractivity (Wildman–Crippen MR) is 121 cm³/mol. The normalized spacial score (nSPS) is 13.0. The van der Waals surface area contributed by atoms with E-state index < -0.39 is 12.0 Å². The third kappa shape index (κ3) is 7.26. The number of amides is 2. The van der Waals surface area contributed by atoms with Crippen LogP contribution >= 0.6 is 0 Å².